The first kappa shape index (κ1) is 14.1. The highest BCUT2D eigenvalue weighted by atomic mass is 16.3. The van der Waals surface area contributed by atoms with E-state index < -0.39 is 0 Å². The molecule has 5 nitrogen and oxygen atoms in total. The number of aryl methyl sites for hydroxylation is 2. The van der Waals surface area contributed by atoms with Crippen molar-refractivity contribution in [1.82, 2.24) is 14.7 Å². The normalized spacial score (nSPS) is 12.2. The summed E-state index contributed by atoms with van der Waals surface area (Å²) in [5, 5.41) is 13.5. The topological polar surface area (TPSA) is 58.4 Å². The Morgan fingerprint density at radius 1 is 1.35 bits per heavy atom. The van der Waals surface area contributed by atoms with Crippen molar-refractivity contribution in [3.8, 4) is 5.75 Å². The molecule has 1 atom stereocenters. The second kappa shape index (κ2) is 5.36. The number of phenolic OH excluding ortho intramolecular Hbond substituents is 1. The van der Waals surface area contributed by atoms with Crippen LogP contribution < -0.4 is 0 Å². The van der Waals surface area contributed by atoms with Gasteiger partial charge < -0.3 is 10.0 Å². The molecule has 0 bridgehead atoms. The first-order valence-electron chi connectivity index (χ1n) is 6.47. The van der Waals surface area contributed by atoms with Crippen molar-refractivity contribution < 1.29 is 9.90 Å². The number of hydrogen-bond acceptors (Lipinski definition) is 3. The summed E-state index contributed by atoms with van der Waals surface area (Å²) in [6, 6.07) is 8.58. The van der Waals surface area contributed by atoms with Crippen molar-refractivity contribution >= 4 is 5.91 Å². The molecule has 1 aromatic heterocycles. The maximum Gasteiger partial charge on any atom is 0.272 e. The molecule has 0 saturated heterocycles. The van der Waals surface area contributed by atoms with Gasteiger partial charge in [-0.05, 0) is 37.6 Å². The third-order valence-electron chi connectivity index (χ3n) is 3.50. The third-order valence-corrected chi connectivity index (χ3v) is 3.50. The second-order valence-corrected chi connectivity index (χ2v) is 4.98. The van der Waals surface area contributed by atoms with Crippen LogP contribution in [0.4, 0.5) is 0 Å². The molecule has 106 valence electrons. The molecular formula is C15H19N3O2. The van der Waals surface area contributed by atoms with E-state index in [1.54, 1.807) is 41.9 Å². The van der Waals surface area contributed by atoms with E-state index in [1.807, 2.05) is 26.0 Å². The van der Waals surface area contributed by atoms with Crippen molar-refractivity contribution in [2.45, 2.75) is 19.9 Å². The number of amides is 1. The number of benzene rings is 1. The van der Waals surface area contributed by atoms with Gasteiger partial charge >= 0.3 is 0 Å². The highest BCUT2D eigenvalue weighted by Crippen LogP contribution is 2.22. The van der Waals surface area contributed by atoms with Crippen LogP contribution in [0.5, 0.6) is 5.75 Å². The van der Waals surface area contributed by atoms with E-state index in [4.69, 9.17) is 0 Å². The highest BCUT2D eigenvalue weighted by molar-refractivity contribution is 5.92. The van der Waals surface area contributed by atoms with E-state index in [2.05, 4.69) is 5.10 Å². The minimum absolute atomic E-state index is 0.0753. The number of nitrogens with zero attached hydrogens (tertiary/aromatic N) is 3. The number of aromatic hydroxyl groups is 1. The van der Waals surface area contributed by atoms with E-state index >= 15 is 0 Å². The van der Waals surface area contributed by atoms with Gasteiger partial charge in [-0.25, -0.2) is 0 Å². The summed E-state index contributed by atoms with van der Waals surface area (Å²) in [5.74, 6) is 0.144. The van der Waals surface area contributed by atoms with Crippen molar-refractivity contribution in [3.05, 3.63) is 47.3 Å². The Labute approximate surface area is 118 Å². The average Bonchev–Trinajstić information content (AvgIpc) is 2.76. The van der Waals surface area contributed by atoms with Crippen LogP contribution in [-0.4, -0.2) is 32.7 Å². The molecule has 1 unspecified atom stereocenters. The molecule has 1 aromatic carbocycles. The number of carbonyl (C=O) groups is 1. The summed E-state index contributed by atoms with van der Waals surface area (Å²) in [6.07, 6.45) is 0. The predicted octanol–water partition coefficient (Wildman–Crippen LogP) is 2.27. The molecule has 0 aliphatic rings. The lowest BCUT2D eigenvalue weighted by Crippen LogP contribution is -2.31. The fraction of sp³-hybridized carbons (Fsp3) is 0.333. The lowest BCUT2D eigenvalue weighted by molar-refractivity contribution is 0.0731. The molecule has 1 amide bonds. The van der Waals surface area contributed by atoms with Gasteiger partial charge in [-0.3, -0.25) is 9.48 Å². The SMILES string of the molecule is Cc1cc(C(=O)N(C)C(C)c2ccc(O)cc2)n(C)n1. The quantitative estimate of drug-likeness (QED) is 0.933. The van der Waals surface area contributed by atoms with E-state index in [0.717, 1.165) is 11.3 Å². The fourth-order valence-corrected chi connectivity index (χ4v) is 2.14. The Morgan fingerprint density at radius 3 is 2.45 bits per heavy atom. The Kier molecular flexibility index (Phi) is 3.79. The summed E-state index contributed by atoms with van der Waals surface area (Å²) in [7, 11) is 3.53. The van der Waals surface area contributed by atoms with Gasteiger partial charge in [0.25, 0.3) is 5.91 Å². The van der Waals surface area contributed by atoms with Crippen LogP contribution in [0.15, 0.2) is 30.3 Å². The zero-order chi connectivity index (χ0) is 14.9. The molecule has 20 heavy (non-hydrogen) atoms. The van der Waals surface area contributed by atoms with Gasteiger partial charge in [0.15, 0.2) is 0 Å². The molecule has 2 rings (SSSR count). The zero-order valence-corrected chi connectivity index (χ0v) is 12.2. The van der Waals surface area contributed by atoms with Gasteiger partial charge in [0.1, 0.15) is 11.4 Å². The van der Waals surface area contributed by atoms with Crippen LogP contribution in [0.1, 0.15) is 34.7 Å². The van der Waals surface area contributed by atoms with Crippen LogP contribution in [-0.2, 0) is 7.05 Å². The number of phenols is 1. The standard InChI is InChI=1S/C15H19N3O2/c1-10-9-14(18(4)16-10)15(20)17(3)11(2)12-5-7-13(19)8-6-12/h5-9,11,19H,1-4H3. The van der Waals surface area contributed by atoms with Crippen LogP contribution in [0.3, 0.4) is 0 Å². The Morgan fingerprint density at radius 2 is 1.95 bits per heavy atom. The molecular weight excluding hydrogens is 254 g/mol. The fourth-order valence-electron chi connectivity index (χ4n) is 2.14. The number of aromatic nitrogens is 2. The molecule has 0 aliphatic heterocycles. The lowest BCUT2D eigenvalue weighted by atomic mass is 10.1. The van der Waals surface area contributed by atoms with Crippen LogP contribution in [0.2, 0.25) is 0 Å². The van der Waals surface area contributed by atoms with Gasteiger partial charge in [0.05, 0.1) is 11.7 Å². The van der Waals surface area contributed by atoms with Crippen LogP contribution in [0, 0.1) is 6.92 Å². The Hall–Kier alpha value is -2.30. The van der Waals surface area contributed by atoms with Gasteiger partial charge in [-0.1, -0.05) is 12.1 Å². The maximum atomic E-state index is 12.5. The summed E-state index contributed by atoms with van der Waals surface area (Å²) in [4.78, 5) is 14.1. The van der Waals surface area contributed by atoms with E-state index in [0.29, 0.717) is 5.69 Å². The molecule has 0 aliphatic carbocycles. The van der Waals surface area contributed by atoms with Gasteiger partial charge in [-0.15, -0.1) is 0 Å². The summed E-state index contributed by atoms with van der Waals surface area (Å²) in [6.45, 7) is 3.81. The first-order chi connectivity index (χ1) is 9.40. The van der Waals surface area contributed by atoms with Crippen LogP contribution in [0.25, 0.3) is 0 Å². The molecule has 0 fully saturated rings. The van der Waals surface area contributed by atoms with Gasteiger partial charge in [0.2, 0.25) is 0 Å². The average molecular weight is 273 g/mol. The van der Waals surface area contributed by atoms with Gasteiger partial charge in [0, 0.05) is 14.1 Å². The molecule has 5 heteroatoms. The van der Waals surface area contributed by atoms with Crippen molar-refractivity contribution in [1.29, 1.82) is 0 Å². The monoisotopic (exact) mass is 273 g/mol. The van der Waals surface area contributed by atoms with Crippen molar-refractivity contribution in [2.75, 3.05) is 7.05 Å². The Balaban J connectivity index is 2.22. The summed E-state index contributed by atoms with van der Waals surface area (Å²) < 4.78 is 1.59. The highest BCUT2D eigenvalue weighted by Gasteiger charge is 2.21. The minimum Gasteiger partial charge on any atom is -0.508 e. The van der Waals surface area contributed by atoms with E-state index in [9.17, 15) is 9.90 Å². The maximum absolute atomic E-state index is 12.5. The first-order valence-corrected chi connectivity index (χ1v) is 6.47. The number of carbonyl (C=O) groups excluding carboxylic acids is 1. The van der Waals surface area contributed by atoms with E-state index in [-0.39, 0.29) is 17.7 Å². The predicted molar refractivity (Wildman–Crippen MR) is 76.6 cm³/mol. The number of hydrogen-bond donors (Lipinski definition) is 1. The van der Waals surface area contributed by atoms with Crippen molar-refractivity contribution in [3.63, 3.8) is 0 Å². The number of rotatable bonds is 3. The summed E-state index contributed by atoms with van der Waals surface area (Å²) >= 11 is 0. The van der Waals surface area contributed by atoms with Crippen LogP contribution >= 0.6 is 0 Å². The molecule has 0 spiro atoms. The van der Waals surface area contributed by atoms with Gasteiger partial charge in [-0.2, -0.15) is 5.10 Å². The second-order valence-electron chi connectivity index (χ2n) is 4.98. The molecule has 2 aromatic rings. The molecule has 1 N–H and O–H groups in total. The zero-order valence-electron chi connectivity index (χ0n) is 12.2. The molecule has 1 heterocycles. The smallest absolute Gasteiger partial charge is 0.272 e. The largest absolute Gasteiger partial charge is 0.508 e. The van der Waals surface area contributed by atoms with Crippen molar-refractivity contribution in [2.24, 2.45) is 7.05 Å². The Bertz CT molecular complexity index is 617. The minimum atomic E-state index is -0.0849. The molecule has 0 radical (unpaired) electrons. The third kappa shape index (κ3) is 2.66. The molecule has 0 saturated carbocycles. The lowest BCUT2D eigenvalue weighted by Gasteiger charge is -2.25. The van der Waals surface area contributed by atoms with E-state index in [1.165, 1.54) is 0 Å². The summed E-state index contributed by atoms with van der Waals surface area (Å²) in [5.41, 5.74) is 2.36.